The van der Waals surface area contributed by atoms with Crippen LogP contribution in [0.3, 0.4) is 0 Å². The number of fused-ring (bicyclic) bond motifs is 1. The minimum absolute atomic E-state index is 0.110. The van der Waals surface area contributed by atoms with Crippen molar-refractivity contribution in [2.75, 3.05) is 6.61 Å². The first kappa shape index (κ1) is 20.4. The van der Waals surface area contributed by atoms with Crippen molar-refractivity contribution in [1.82, 2.24) is 0 Å². The monoisotopic (exact) mass is 414 g/mol. The van der Waals surface area contributed by atoms with E-state index < -0.39 is 12.1 Å². The Kier molecular flexibility index (Phi) is 5.85. The number of aryl methyl sites for hydroxylation is 1. The number of benzene rings is 3. The van der Waals surface area contributed by atoms with Crippen LogP contribution >= 0.6 is 0 Å². The van der Waals surface area contributed by atoms with E-state index in [0.717, 1.165) is 5.56 Å². The van der Waals surface area contributed by atoms with Crippen LogP contribution in [0.2, 0.25) is 0 Å². The highest BCUT2D eigenvalue weighted by Gasteiger charge is 2.24. The summed E-state index contributed by atoms with van der Waals surface area (Å²) in [7, 11) is 0. The Labute approximate surface area is 179 Å². The third kappa shape index (κ3) is 4.21. The van der Waals surface area contributed by atoms with Gasteiger partial charge in [-0.15, -0.1) is 0 Å². The average molecular weight is 414 g/mol. The van der Waals surface area contributed by atoms with Crippen LogP contribution in [0.5, 0.6) is 5.75 Å². The third-order valence-electron chi connectivity index (χ3n) is 4.96. The highest BCUT2D eigenvalue weighted by Crippen LogP contribution is 2.29. The van der Waals surface area contributed by atoms with Crippen molar-refractivity contribution in [3.05, 3.63) is 100 Å². The Hall–Kier alpha value is -3.86. The molecule has 0 saturated carbocycles. The zero-order valence-corrected chi connectivity index (χ0v) is 17.3. The number of hydrogen-bond donors (Lipinski definition) is 0. The van der Waals surface area contributed by atoms with Gasteiger partial charge in [0, 0.05) is 11.6 Å². The Morgan fingerprint density at radius 2 is 1.65 bits per heavy atom. The van der Waals surface area contributed by atoms with Gasteiger partial charge < -0.3 is 13.9 Å². The molecule has 5 nitrogen and oxygen atoms in total. The Morgan fingerprint density at radius 1 is 0.968 bits per heavy atom. The molecular weight excluding hydrogens is 392 g/mol. The fraction of sp³-hybridized carbons (Fsp3) is 0.154. The minimum Gasteiger partial charge on any atom is -0.474 e. The van der Waals surface area contributed by atoms with Gasteiger partial charge in [0.1, 0.15) is 17.1 Å². The normalized spacial score (nSPS) is 11.8. The summed E-state index contributed by atoms with van der Waals surface area (Å²) in [6.45, 7) is 3.76. The summed E-state index contributed by atoms with van der Waals surface area (Å²) in [5.41, 5.74) is 2.31. The maximum atomic E-state index is 13.1. The Balaban J connectivity index is 1.73. The fourth-order valence-corrected chi connectivity index (χ4v) is 3.53. The van der Waals surface area contributed by atoms with Crippen LogP contribution < -0.4 is 10.2 Å². The molecule has 0 aliphatic carbocycles. The van der Waals surface area contributed by atoms with Gasteiger partial charge in [-0.05, 0) is 31.5 Å². The van der Waals surface area contributed by atoms with E-state index in [1.807, 2.05) is 48.5 Å². The van der Waals surface area contributed by atoms with Crippen molar-refractivity contribution < 1.29 is 18.7 Å². The van der Waals surface area contributed by atoms with Crippen LogP contribution in [0.15, 0.2) is 88.1 Å². The molecule has 0 aliphatic heterocycles. The molecule has 4 aromatic rings. The molecular formula is C26H22O5. The zero-order chi connectivity index (χ0) is 21.8. The van der Waals surface area contributed by atoms with Crippen LogP contribution in [-0.4, -0.2) is 12.6 Å². The summed E-state index contributed by atoms with van der Waals surface area (Å²) in [5.74, 6) is 0.445. The second-order valence-corrected chi connectivity index (χ2v) is 7.05. The lowest BCUT2D eigenvalue weighted by Crippen LogP contribution is -2.21. The molecule has 4 rings (SSSR count). The van der Waals surface area contributed by atoms with Gasteiger partial charge in [-0.1, -0.05) is 60.7 Å². The van der Waals surface area contributed by atoms with Gasteiger partial charge in [-0.25, -0.2) is 4.79 Å². The number of esters is 1. The first-order chi connectivity index (χ1) is 15.1. The molecule has 0 aliphatic rings. The maximum Gasteiger partial charge on any atom is 0.352 e. The molecule has 0 spiro atoms. The van der Waals surface area contributed by atoms with Gasteiger partial charge in [0.25, 0.3) is 0 Å². The summed E-state index contributed by atoms with van der Waals surface area (Å²) >= 11 is 0. The highest BCUT2D eigenvalue weighted by atomic mass is 16.6. The predicted molar refractivity (Wildman–Crippen MR) is 119 cm³/mol. The fourth-order valence-electron chi connectivity index (χ4n) is 3.53. The van der Waals surface area contributed by atoms with E-state index in [1.54, 1.807) is 44.2 Å². The number of ether oxygens (including phenoxy) is 2. The highest BCUT2D eigenvalue weighted by molar-refractivity contribution is 5.84. The molecule has 1 atom stereocenters. The molecule has 156 valence electrons. The van der Waals surface area contributed by atoms with Crippen LogP contribution in [0.4, 0.5) is 0 Å². The Bertz CT molecular complexity index is 1260. The maximum absolute atomic E-state index is 13.1. The van der Waals surface area contributed by atoms with Crippen molar-refractivity contribution in [1.29, 1.82) is 0 Å². The molecule has 0 N–H and O–H groups in total. The van der Waals surface area contributed by atoms with Crippen molar-refractivity contribution in [2.24, 2.45) is 0 Å². The molecule has 0 saturated heterocycles. The molecule has 1 aromatic heterocycles. The summed E-state index contributed by atoms with van der Waals surface area (Å²) in [6, 6.07) is 23.5. The van der Waals surface area contributed by atoms with E-state index in [1.165, 1.54) is 0 Å². The Morgan fingerprint density at radius 3 is 2.32 bits per heavy atom. The SMILES string of the molecule is CCOC(=O)C(Oc1ccc2c(=O)c(-c3ccccc3)c(C)oc2c1)c1ccccc1. The second kappa shape index (κ2) is 8.88. The lowest BCUT2D eigenvalue weighted by Gasteiger charge is -2.18. The largest absolute Gasteiger partial charge is 0.474 e. The van der Waals surface area contributed by atoms with Gasteiger partial charge in [0.15, 0.2) is 0 Å². The van der Waals surface area contributed by atoms with Gasteiger partial charge in [-0.2, -0.15) is 0 Å². The minimum atomic E-state index is -0.921. The van der Waals surface area contributed by atoms with Crippen molar-refractivity contribution in [3.8, 4) is 16.9 Å². The first-order valence-corrected chi connectivity index (χ1v) is 10.1. The average Bonchev–Trinajstić information content (AvgIpc) is 2.78. The topological polar surface area (TPSA) is 65.7 Å². The first-order valence-electron chi connectivity index (χ1n) is 10.1. The molecule has 5 heteroatoms. The third-order valence-corrected chi connectivity index (χ3v) is 4.96. The van der Waals surface area contributed by atoms with Crippen LogP contribution in [0.1, 0.15) is 24.4 Å². The smallest absolute Gasteiger partial charge is 0.352 e. The van der Waals surface area contributed by atoms with Crippen LogP contribution in [0, 0.1) is 6.92 Å². The lowest BCUT2D eigenvalue weighted by molar-refractivity contribution is -0.151. The van der Waals surface area contributed by atoms with Crippen molar-refractivity contribution in [3.63, 3.8) is 0 Å². The standard InChI is InChI=1S/C26H22O5/c1-3-29-26(28)25(19-12-8-5-9-13-19)31-20-14-15-21-22(16-20)30-17(2)23(24(21)27)18-10-6-4-7-11-18/h4-16,25H,3H2,1-2H3. The lowest BCUT2D eigenvalue weighted by atomic mass is 10.0. The molecule has 1 unspecified atom stereocenters. The summed E-state index contributed by atoms with van der Waals surface area (Å²) < 4.78 is 17.1. The van der Waals surface area contributed by atoms with Crippen LogP contribution in [0.25, 0.3) is 22.1 Å². The van der Waals surface area contributed by atoms with Gasteiger partial charge in [0.2, 0.25) is 11.5 Å². The van der Waals surface area contributed by atoms with E-state index in [4.69, 9.17) is 13.9 Å². The van der Waals surface area contributed by atoms with Gasteiger partial charge >= 0.3 is 5.97 Å². The second-order valence-electron chi connectivity index (χ2n) is 7.05. The van der Waals surface area contributed by atoms with Crippen molar-refractivity contribution in [2.45, 2.75) is 20.0 Å². The molecule has 0 amide bonds. The van der Waals surface area contributed by atoms with Crippen molar-refractivity contribution >= 4 is 16.9 Å². The molecule has 31 heavy (non-hydrogen) atoms. The van der Waals surface area contributed by atoms with E-state index in [-0.39, 0.29) is 12.0 Å². The molecule has 1 heterocycles. The number of rotatable bonds is 6. The zero-order valence-electron chi connectivity index (χ0n) is 17.3. The van der Waals surface area contributed by atoms with E-state index in [9.17, 15) is 9.59 Å². The molecule has 0 bridgehead atoms. The van der Waals surface area contributed by atoms with E-state index in [0.29, 0.717) is 33.6 Å². The summed E-state index contributed by atoms with van der Waals surface area (Å²) in [5, 5.41) is 0.448. The summed E-state index contributed by atoms with van der Waals surface area (Å²) in [4.78, 5) is 25.6. The van der Waals surface area contributed by atoms with Gasteiger partial charge in [0.05, 0.1) is 17.6 Å². The van der Waals surface area contributed by atoms with E-state index in [2.05, 4.69) is 0 Å². The molecule has 0 fully saturated rings. The molecule has 3 aromatic carbocycles. The van der Waals surface area contributed by atoms with E-state index >= 15 is 0 Å². The number of carbonyl (C=O) groups is 1. The predicted octanol–water partition coefficient (Wildman–Crippen LogP) is 5.45. The number of carbonyl (C=O) groups excluding carboxylic acids is 1. The number of hydrogen-bond acceptors (Lipinski definition) is 5. The quantitative estimate of drug-likeness (QED) is 0.393. The molecule has 0 radical (unpaired) electrons. The van der Waals surface area contributed by atoms with Crippen LogP contribution in [-0.2, 0) is 9.53 Å². The van der Waals surface area contributed by atoms with Gasteiger partial charge in [-0.3, -0.25) is 4.79 Å². The summed E-state index contributed by atoms with van der Waals surface area (Å²) in [6.07, 6.45) is -0.921.